The van der Waals surface area contributed by atoms with Crippen LogP contribution in [0.1, 0.15) is 48.0 Å². The third-order valence-corrected chi connectivity index (χ3v) is 3.05. The molecule has 0 aliphatic carbocycles. The summed E-state index contributed by atoms with van der Waals surface area (Å²) in [6.07, 6.45) is 3.00. The van der Waals surface area contributed by atoms with Crippen molar-refractivity contribution in [2.24, 2.45) is 5.41 Å². The molecule has 1 amide bonds. The number of nitrogens with zero attached hydrogens (tertiary/aromatic N) is 1. The minimum absolute atomic E-state index is 0.0594. The molecule has 1 aliphatic heterocycles. The topological polar surface area (TPSA) is 29.5 Å². The maximum absolute atomic E-state index is 12.0. The summed E-state index contributed by atoms with van der Waals surface area (Å²) in [5.41, 5.74) is 1.07. The fourth-order valence-electron chi connectivity index (χ4n) is 2.23. The Labute approximate surface area is 105 Å². The first-order chi connectivity index (χ1) is 7.65. The van der Waals surface area contributed by atoms with Gasteiger partial charge in [-0.15, -0.1) is 0 Å². The highest BCUT2D eigenvalue weighted by atomic mass is 16.6. The van der Waals surface area contributed by atoms with Crippen LogP contribution in [0.15, 0.2) is 11.6 Å². The minimum Gasteiger partial charge on any atom is -0.444 e. The standard InChI is InChI=1S/C14H25NO2/c1-7-11-8-9-15(10-14(11,5)6)12(16)17-13(2,3)4/h8H,7,9-10H2,1-6H3. The van der Waals surface area contributed by atoms with Crippen molar-refractivity contribution in [3.63, 3.8) is 0 Å². The molecular formula is C14H25NO2. The second-order valence-corrected chi connectivity index (χ2v) is 6.33. The van der Waals surface area contributed by atoms with Gasteiger partial charge in [-0.05, 0) is 27.2 Å². The molecule has 0 aromatic rings. The predicted octanol–water partition coefficient (Wildman–Crippen LogP) is 3.60. The summed E-state index contributed by atoms with van der Waals surface area (Å²) in [5, 5.41) is 0. The van der Waals surface area contributed by atoms with Crippen LogP contribution in [-0.2, 0) is 4.74 Å². The van der Waals surface area contributed by atoms with Crippen LogP contribution in [0.3, 0.4) is 0 Å². The van der Waals surface area contributed by atoms with Crippen LogP contribution in [0.5, 0.6) is 0 Å². The zero-order chi connectivity index (χ0) is 13.3. The van der Waals surface area contributed by atoms with Crippen molar-refractivity contribution in [1.82, 2.24) is 4.90 Å². The summed E-state index contributed by atoms with van der Waals surface area (Å²) in [4.78, 5) is 13.8. The van der Waals surface area contributed by atoms with Gasteiger partial charge >= 0.3 is 6.09 Å². The molecule has 0 saturated carbocycles. The Morgan fingerprint density at radius 1 is 1.47 bits per heavy atom. The maximum atomic E-state index is 12.0. The van der Waals surface area contributed by atoms with Gasteiger partial charge in [0.2, 0.25) is 0 Å². The third kappa shape index (κ3) is 3.76. The summed E-state index contributed by atoms with van der Waals surface area (Å²) in [6, 6.07) is 0. The van der Waals surface area contributed by atoms with Gasteiger partial charge in [0, 0.05) is 18.5 Å². The highest BCUT2D eigenvalue weighted by Gasteiger charge is 2.32. The molecule has 3 nitrogen and oxygen atoms in total. The zero-order valence-corrected chi connectivity index (χ0v) is 12.0. The predicted molar refractivity (Wildman–Crippen MR) is 70.0 cm³/mol. The number of ether oxygens (including phenoxy) is 1. The van der Waals surface area contributed by atoms with E-state index in [1.54, 1.807) is 4.90 Å². The lowest BCUT2D eigenvalue weighted by Gasteiger charge is -2.39. The van der Waals surface area contributed by atoms with Gasteiger partial charge in [0.25, 0.3) is 0 Å². The van der Waals surface area contributed by atoms with Gasteiger partial charge in [0.15, 0.2) is 0 Å². The Hall–Kier alpha value is -0.990. The number of rotatable bonds is 1. The normalized spacial score (nSPS) is 19.9. The summed E-state index contributed by atoms with van der Waals surface area (Å²) in [5.74, 6) is 0. The number of carbonyl (C=O) groups excluding carboxylic acids is 1. The van der Waals surface area contributed by atoms with Crippen molar-refractivity contribution < 1.29 is 9.53 Å². The molecular weight excluding hydrogens is 214 g/mol. The van der Waals surface area contributed by atoms with Crippen molar-refractivity contribution in [3.8, 4) is 0 Å². The van der Waals surface area contributed by atoms with E-state index in [1.165, 1.54) is 5.57 Å². The van der Waals surface area contributed by atoms with Crippen molar-refractivity contribution >= 4 is 6.09 Å². The molecule has 17 heavy (non-hydrogen) atoms. The lowest BCUT2D eigenvalue weighted by Crippen LogP contribution is -2.45. The largest absolute Gasteiger partial charge is 0.444 e. The van der Waals surface area contributed by atoms with Crippen LogP contribution in [0.4, 0.5) is 4.79 Å². The fraction of sp³-hybridized carbons (Fsp3) is 0.786. The molecule has 0 saturated heterocycles. The quantitative estimate of drug-likeness (QED) is 0.654. The van der Waals surface area contributed by atoms with E-state index in [4.69, 9.17) is 4.74 Å². The second kappa shape index (κ2) is 4.71. The fourth-order valence-corrected chi connectivity index (χ4v) is 2.23. The Morgan fingerprint density at radius 2 is 2.06 bits per heavy atom. The Kier molecular flexibility index (Phi) is 3.90. The Balaban J connectivity index is 2.72. The molecule has 0 atom stereocenters. The highest BCUT2D eigenvalue weighted by Crippen LogP contribution is 2.33. The van der Waals surface area contributed by atoms with Crippen molar-refractivity contribution in [1.29, 1.82) is 0 Å². The van der Waals surface area contributed by atoms with Crippen LogP contribution in [0, 0.1) is 5.41 Å². The number of carbonyl (C=O) groups is 1. The van der Waals surface area contributed by atoms with Gasteiger partial charge in [0.1, 0.15) is 5.60 Å². The average Bonchev–Trinajstić information content (AvgIpc) is 2.13. The molecule has 0 bridgehead atoms. The monoisotopic (exact) mass is 239 g/mol. The molecule has 0 spiro atoms. The van der Waals surface area contributed by atoms with Gasteiger partial charge in [0.05, 0.1) is 0 Å². The highest BCUT2D eigenvalue weighted by molar-refractivity contribution is 5.68. The summed E-state index contributed by atoms with van der Waals surface area (Å²) in [6.45, 7) is 13.6. The van der Waals surface area contributed by atoms with Gasteiger partial charge in [-0.3, -0.25) is 0 Å². The number of amides is 1. The molecule has 0 N–H and O–H groups in total. The molecule has 0 unspecified atom stereocenters. The van der Waals surface area contributed by atoms with E-state index in [0.717, 1.165) is 13.0 Å². The Bertz CT molecular complexity index is 324. The van der Waals surface area contributed by atoms with Crippen LogP contribution in [-0.4, -0.2) is 29.7 Å². The summed E-state index contributed by atoms with van der Waals surface area (Å²) in [7, 11) is 0. The Morgan fingerprint density at radius 3 is 2.47 bits per heavy atom. The first-order valence-corrected chi connectivity index (χ1v) is 6.33. The molecule has 0 aromatic heterocycles. The summed E-state index contributed by atoms with van der Waals surface area (Å²) < 4.78 is 5.40. The zero-order valence-electron chi connectivity index (χ0n) is 12.0. The van der Waals surface area contributed by atoms with E-state index in [9.17, 15) is 4.79 Å². The van der Waals surface area contributed by atoms with Gasteiger partial charge in [-0.25, -0.2) is 4.79 Å². The molecule has 0 fully saturated rings. The molecule has 1 aliphatic rings. The number of hydrogen-bond donors (Lipinski definition) is 0. The minimum atomic E-state index is -0.421. The first kappa shape index (κ1) is 14.1. The third-order valence-electron chi connectivity index (χ3n) is 3.05. The lowest BCUT2D eigenvalue weighted by atomic mass is 9.80. The number of hydrogen-bond acceptors (Lipinski definition) is 2. The molecule has 98 valence electrons. The molecule has 1 heterocycles. The molecule has 3 heteroatoms. The average molecular weight is 239 g/mol. The van der Waals surface area contributed by atoms with Crippen LogP contribution in [0.25, 0.3) is 0 Å². The maximum Gasteiger partial charge on any atom is 0.410 e. The first-order valence-electron chi connectivity index (χ1n) is 6.33. The molecule has 1 rings (SSSR count). The van der Waals surface area contributed by atoms with E-state index in [1.807, 2.05) is 20.8 Å². The van der Waals surface area contributed by atoms with Crippen molar-refractivity contribution in [2.75, 3.05) is 13.1 Å². The molecule has 0 radical (unpaired) electrons. The smallest absolute Gasteiger partial charge is 0.410 e. The van der Waals surface area contributed by atoms with E-state index in [-0.39, 0.29) is 11.5 Å². The van der Waals surface area contributed by atoms with E-state index in [2.05, 4.69) is 26.8 Å². The van der Waals surface area contributed by atoms with E-state index < -0.39 is 5.60 Å². The van der Waals surface area contributed by atoms with Crippen molar-refractivity contribution in [3.05, 3.63) is 11.6 Å². The van der Waals surface area contributed by atoms with Gasteiger partial charge in [-0.1, -0.05) is 32.4 Å². The van der Waals surface area contributed by atoms with Crippen molar-refractivity contribution in [2.45, 2.75) is 53.6 Å². The second-order valence-electron chi connectivity index (χ2n) is 6.33. The summed E-state index contributed by atoms with van der Waals surface area (Å²) >= 11 is 0. The van der Waals surface area contributed by atoms with Gasteiger partial charge in [-0.2, -0.15) is 0 Å². The van der Waals surface area contributed by atoms with Crippen LogP contribution < -0.4 is 0 Å². The van der Waals surface area contributed by atoms with E-state index in [0.29, 0.717) is 6.54 Å². The van der Waals surface area contributed by atoms with Gasteiger partial charge < -0.3 is 9.64 Å². The van der Waals surface area contributed by atoms with Crippen LogP contribution in [0.2, 0.25) is 0 Å². The molecule has 0 aromatic carbocycles. The SMILES string of the molecule is CCC1=CCN(C(=O)OC(C)(C)C)CC1(C)C. The van der Waals surface area contributed by atoms with E-state index >= 15 is 0 Å². The lowest BCUT2D eigenvalue weighted by molar-refractivity contribution is 0.0202. The van der Waals surface area contributed by atoms with Crippen LogP contribution >= 0.6 is 0 Å².